The fourth-order valence-corrected chi connectivity index (χ4v) is 7.17. The molecule has 42 heavy (non-hydrogen) atoms. The van der Waals surface area contributed by atoms with Gasteiger partial charge in [-0.1, -0.05) is 93.6 Å². The maximum atomic E-state index is 3.68. The van der Waals surface area contributed by atoms with Gasteiger partial charge in [0.15, 0.2) is 0 Å². The molecule has 2 nitrogen and oxygen atoms in total. The predicted octanol–water partition coefficient (Wildman–Crippen LogP) is 10.8. The van der Waals surface area contributed by atoms with E-state index in [1.54, 1.807) is 0 Å². The molecular weight excluding hydrogens is 508 g/mol. The highest BCUT2D eigenvalue weighted by Gasteiger charge is 2.38. The number of rotatable bonds is 4. The third-order valence-electron chi connectivity index (χ3n) is 9.33. The molecule has 5 aromatic carbocycles. The summed E-state index contributed by atoms with van der Waals surface area (Å²) in [5.74, 6) is 0.602. The maximum absolute atomic E-state index is 3.68. The molecule has 6 aromatic rings. The molecule has 8 rings (SSSR count). The second-order valence-electron chi connectivity index (χ2n) is 12.4. The van der Waals surface area contributed by atoms with Crippen molar-refractivity contribution < 1.29 is 0 Å². The van der Waals surface area contributed by atoms with Crippen LogP contribution in [0.1, 0.15) is 38.3 Å². The Balaban J connectivity index is 1.10. The van der Waals surface area contributed by atoms with E-state index in [0.29, 0.717) is 5.92 Å². The molecule has 1 N–H and O–H groups in total. The minimum absolute atomic E-state index is 0.0329. The van der Waals surface area contributed by atoms with Crippen LogP contribution in [0, 0.1) is 5.92 Å². The Kier molecular flexibility index (Phi) is 5.55. The third kappa shape index (κ3) is 3.86. The SMILES string of the molecule is CC1C=CC2=C(C1)c1ccc(Nc3ccc(-c4ccc5c(c4)c4ccccc4n5-c4ccccc4)cc3)cc1C2(C)C. The van der Waals surface area contributed by atoms with E-state index >= 15 is 0 Å². The van der Waals surface area contributed by atoms with Crippen molar-refractivity contribution in [3.63, 3.8) is 0 Å². The van der Waals surface area contributed by atoms with E-state index in [0.717, 1.165) is 17.8 Å². The average molecular weight is 543 g/mol. The summed E-state index contributed by atoms with van der Waals surface area (Å²) in [6.07, 6.45) is 5.87. The highest BCUT2D eigenvalue weighted by atomic mass is 15.0. The number of anilines is 2. The van der Waals surface area contributed by atoms with Gasteiger partial charge in [-0.2, -0.15) is 0 Å². The molecule has 204 valence electrons. The zero-order valence-electron chi connectivity index (χ0n) is 24.4. The molecule has 2 heteroatoms. The van der Waals surface area contributed by atoms with Crippen LogP contribution in [0.5, 0.6) is 0 Å². The number of allylic oxidation sites excluding steroid dienone is 4. The standard InChI is InChI=1S/C40H34N2/c1-26-13-21-36-34(23-26)32-20-19-30(25-37(32)40(36,2)3)41-29-17-14-27(15-18-29)28-16-22-39-35(24-28)33-11-7-8-12-38(33)42(39)31-9-5-4-6-10-31/h4-22,24-26,41H,23H2,1-3H3. The molecule has 2 aliphatic rings. The summed E-state index contributed by atoms with van der Waals surface area (Å²) in [6, 6.07) is 41.9. The highest BCUT2D eigenvalue weighted by Crippen LogP contribution is 2.51. The molecule has 1 heterocycles. The minimum atomic E-state index is 0.0329. The van der Waals surface area contributed by atoms with Crippen LogP contribution in [-0.2, 0) is 5.41 Å². The molecular formula is C40H34N2. The molecule has 0 saturated carbocycles. The second kappa shape index (κ2) is 9.36. The number of hydrogen-bond acceptors (Lipinski definition) is 1. The smallest absolute Gasteiger partial charge is 0.0541 e. The van der Waals surface area contributed by atoms with Crippen LogP contribution in [0.2, 0.25) is 0 Å². The quantitative estimate of drug-likeness (QED) is 0.234. The van der Waals surface area contributed by atoms with Crippen LogP contribution in [-0.4, -0.2) is 4.57 Å². The monoisotopic (exact) mass is 542 g/mol. The summed E-state index contributed by atoms with van der Waals surface area (Å²) < 4.78 is 2.36. The summed E-state index contributed by atoms with van der Waals surface area (Å²) in [5, 5.41) is 6.22. The average Bonchev–Trinajstić information content (AvgIpc) is 3.46. The molecule has 0 aliphatic heterocycles. The highest BCUT2D eigenvalue weighted by molar-refractivity contribution is 6.10. The van der Waals surface area contributed by atoms with Gasteiger partial charge in [-0.25, -0.2) is 0 Å². The molecule has 0 fully saturated rings. The number of nitrogens with one attached hydrogen (secondary N) is 1. The van der Waals surface area contributed by atoms with Crippen LogP contribution in [0.4, 0.5) is 11.4 Å². The van der Waals surface area contributed by atoms with Gasteiger partial charge >= 0.3 is 0 Å². The fourth-order valence-electron chi connectivity index (χ4n) is 7.17. The van der Waals surface area contributed by atoms with Crippen molar-refractivity contribution in [2.24, 2.45) is 5.92 Å². The van der Waals surface area contributed by atoms with Gasteiger partial charge in [0, 0.05) is 33.2 Å². The van der Waals surface area contributed by atoms with E-state index in [4.69, 9.17) is 0 Å². The zero-order chi connectivity index (χ0) is 28.4. The largest absolute Gasteiger partial charge is 0.356 e. The van der Waals surface area contributed by atoms with Gasteiger partial charge in [0.05, 0.1) is 11.0 Å². The van der Waals surface area contributed by atoms with Gasteiger partial charge in [0.25, 0.3) is 0 Å². The lowest BCUT2D eigenvalue weighted by molar-refractivity contribution is 0.643. The lowest BCUT2D eigenvalue weighted by Crippen LogP contribution is -2.17. The van der Waals surface area contributed by atoms with Gasteiger partial charge in [-0.15, -0.1) is 0 Å². The Labute approximate surface area is 247 Å². The van der Waals surface area contributed by atoms with Gasteiger partial charge < -0.3 is 9.88 Å². The maximum Gasteiger partial charge on any atom is 0.0541 e. The Bertz CT molecular complexity index is 2050. The summed E-state index contributed by atoms with van der Waals surface area (Å²) >= 11 is 0. The molecule has 1 aromatic heterocycles. The summed E-state index contributed by atoms with van der Waals surface area (Å²) in [4.78, 5) is 0. The van der Waals surface area contributed by atoms with Crippen LogP contribution in [0.15, 0.2) is 133 Å². The number of fused-ring (bicyclic) bond motifs is 5. The van der Waals surface area contributed by atoms with Crippen molar-refractivity contribution in [1.82, 2.24) is 4.57 Å². The Morgan fingerprint density at radius 1 is 0.690 bits per heavy atom. The molecule has 1 unspecified atom stereocenters. The van der Waals surface area contributed by atoms with Crippen LogP contribution >= 0.6 is 0 Å². The fraction of sp³-hybridized carbons (Fsp3) is 0.150. The van der Waals surface area contributed by atoms with Crippen molar-refractivity contribution >= 4 is 38.8 Å². The lowest BCUT2D eigenvalue weighted by atomic mass is 9.79. The Morgan fingerprint density at radius 3 is 2.24 bits per heavy atom. The molecule has 0 spiro atoms. The number of nitrogens with zero attached hydrogens (tertiary/aromatic N) is 1. The van der Waals surface area contributed by atoms with Gasteiger partial charge in [0.2, 0.25) is 0 Å². The molecule has 0 saturated heterocycles. The first kappa shape index (κ1) is 24.9. The topological polar surface area (TPSA) is 17.0 Å². The molecule has 2 aliphatic carbocycles. The van der Waals surface area contributed by atoms with E-state index in [-0.39, 0.29) is 5.41 Å². The summed E-state index contributed by atoms with van der Waals surface area (Å²) in [6.45, 7) is 7.04. The second-order valence-corrected chi connectivity index (χ2v) is 12.4. The zero-order valence-corrected chi connectivity index (χ0v) is 24.4. The number of para-hydroxylation sites is 2. The molecule has 0 amide bonds. The van der Waals surface area contributed by atoms with Crippen molar-refractivity contribution in [3.05, 3.63) is 144 Å². The van der Waals surface area contributed by atoms with Crippen molar-refractivity contribution in [1.29, 1.82) is 0 Å². The third-order valence-corrected chi connectivity index (χ3v) is 9.33. The number of hydrogen-bond donors (Lipinski definition) is 1. The van der Waals surface area contributed by atoms with Crippen molar-refractivity contribution in [2.75, 3.05) is 5.32 Å². The minimum Gasteiger partial charge on any atom is -0.356 e. The summed E-state index contributed by atoms with van der Waals surface area (Å²) in [7, 11) is 0. The molecule has 0 radical (unpaired) electrons. The first-order chi connectivity index (χ1) is 20.5. The van der Waals surface area contributed by atoms with E-state index in [1.807, 2.05) is 0 Å². The molecule has 0 bridgehead atoms. The van der Waals surface area contributed by atoms with Crippen LogP contribution in [0.3, 0.4) is 0 Å². The lowest BCUT2D eigenvalue weighted by Gasteiger charge is -2.25. The van der Waals surface area contributed by atoms with Gasteiger partial charge in [0.1, 0.15) is 0 Å². The van der Waals surface area contributed by atoms with Crippen molar-refractivity contribution in [2.45, 2.75) is 32.6 Å². The van der Waals surface area contributed by atoms with E-state index in [1.165, 1.54) is 60.9 Å². The summed E-state index contributed by atoms with van der Waals surface area (Å²) in [5.41, 5.74) is 14.2. The van der Waals surface area contributed by atoms with Crippen LogP contribution < -0.4 is 5.32 Å². The normalized spacial score (nSPS) is 17.1. The Hall–Kier alpha value is -4.82. The molecule has 1 atom stereocenters. The van der Waals surface area contributed by atoms with Crippen LogP contribution in [0.25, 0.3) is 44.2 Å². The van der Waals surface area contributed by atoms with E-state index < -0.39 is 0 Å². The Morgan fingerprint density at radius 2 is 1.40 bits per heavy atom. The first-order valence-electron chi connectivity index (χ1n) is 15.0. The van der Waals surface area contributed by atoms with E-state index in [2.05, 4.69) is 158 Å². The van der Waals surface area contributed by atoms with Gasteiger partial charge in [-0.3, -0.25) is 0 Å². The number of aromatic nitrogens is 1. The predicted molar refractivity (Wildman–Crippen MR) is 179 cm³/mol. The van der Waals surface area contributed by atoms with E-state index in [9.17, 15) is 0 Å². The first-order valence-corrected chi connectivity index (χ1v) is 15.0. The van der Waals surface area contributed by atoms with Crippen molar-refractivity contribution in [3.8, 4) is 16.8 Å². The van der Waals surface area contributed by atoms with Gasteiger partial charge in [-0.05, 0) is 100 Å². The number of benzene rings is 5.